The Balaban J connectivity index is 3.20. The molecule has 0 spiro atoms. The van der Waals surface area contributed by atoms with Gasteiger partial charge in [-0.3, -0.25) is 4.79 Å². The first-order valence-electron chi connectivity index (χ1n) is 18.1. The predicted molar refractivity (Wildman–Crippen MR) is 197 cm³/mol. The molecule has 0 amide bonds. The highest BCUT2D eigenvalue weighted by Gasteiger charge is 2.28. The van der Waals surface area contributed by atoms with Crippen molar-refractivity contribution in [2.24, 2.45) is 23.7 Å². The molecule has 5 N–H and O–H groups in total. The molecule has 1 rings (SSSR count). The quantitative estimate of drug-likeness (QED) is 0.124. The van der Waals surface area contributed by atoms with Crippen molar-refractivity contribution in [1.29, 1.82) is 0 Å². The summed E-state index contributed by atoms with van der Waals surface area (Å²) in [5.41, 5.74) is 2.96. The fourth-order valence-corrected chi connectivity index (χ4v) is 5.75. The zero-order chi connectivity index (χ0) is 37.3. The van der Waals surface area contributed by atoms with Gasteiger partial charge in [-0.25, -0.2) is 4.79 Å². The van der Waals surface area contributed by atoms with Gasteiger partial charge in [-0.05, 0) is 77.7 Å². The summed E-state index contributed by atoms with van der Waals surface area (Å²) in [6.45, 7) is 16.7. The minimum absolute atomic E-state index is 0.133. The normalized spacial score (nSPS) is 32.2. The molecule has 0 aromatic heterocycles. The molecule has 0 aromatic rings. The van der Waals surface area contributed by atoms with Gasteiger partial charge in [-0.1, -0.05) is 94.4 Å². The van der Waals surface area contributed by atoms with Crippen LogP contribution in [0, 0.1) is 23.7 Å². The van der Waals surface area contributed by atoms with Crippen molar-refractivity contribution in [3.8, 4) is 0 Å². The van der Waals surface area contributed by atoms with E-state index in [0.717, 1.165) is 16.7 Å². The van der Waals surface area contributed by atoms with E-state index in [-0.39, 0.29) is 48.7 Å². The Labute approximate surface area is 296 Å². The van der Waals surface area contributed by atoms with E-state index in [0.29, 0.717) is 37.7 Å². The summed E-state index contributed by atoms with van der Waals surface area (Å²) in [5, 5.41) is 52.9. The van der Waals surface area contributed by atoms with Crippen molar-refractivity contribution in [1.82, 2.24) is 0 Å². The number of hydrogen-bond acceptors (Lipinski definition) is 8. The zero-order valence-electron chi connectivity index (χ0n) is 31.5. The smallest absolute Gasteiger partial charge is 0.333 e. The summed E-state index contributed by atoms with van der Waals surface area (Å²) in [7, 11) is 0. The number of cyclic esters (lactones) is 1. The third kappa shape index (κ3) is 17.2. The maximum absolute atomic E-state index is 13.3. The standard InChI is InChI=1S/C41H66O8/c1-10-35(43)33(9)39(47)24-34(42)19-16-26(2)23-32(8)40-25-38(46)29(5)15-13-11-12-14-28(4)36(44)20-17-27(3)22-31(7)37(45)21-18-30(6)41(48)49-40/h11-13,15-18,22,28-29,32-35,37-40,42-43,45-47H,10,14,19-21,23-25H2,1-9H3/b12-11+,15-13+,26-16+,27-17-,30-18+,31-22+. The summed E-state index contributed by atoms with van der Waals surface area (Å²) < 4.78 is 6.02. The van der Waals surface area contributed by atoms with Gasteiger partial charge in [0.1, 0.15) is 11.9 Å². The van der Waals surface area contributed by atoms with E-state index >= 15 is 0 Å². The highest BCUT2D eigenvalue weighted by Crippen LogP contribution is 2.26. The topological polar surface area (TPSA) is 145 Å². The number of allylic oxidation sites excluding steroid dienone is 7. The first-order chi connectivity index (χ1) is 23.0. The molecule has 0 aliphatic carbocycles. The lowest BCUT2D eigenvalue weighted by atomic mass is 9.88. The fraction of sp³-hybridized carbons (Fsp3) is 0.659. The summed E-state index contributed by atoms with van der Waals surface area (Å²) in [6, 6.07) is 0. The van der Waals surface area contributed by atoms with Crippen LogP contribution in [-0.2, 0) is 14.3 Å². The van der Waals surface area contributed by atoms with Crippen LogP contribution in [0.15, 0.2) is 70.9 Å². The molecule has 1 aliphatic heterocycles. The molecule has 8 nitrogen and oxygen atoms in total. The number of Topliss-reactive ketones (excluding diaryl/α,β-unsaturated/α-hetero) is 1. The number of aliphatic hydroxyl groups is 5. The second kappa shape index (κ2) is 23.0. The number of hydrogen-bond donors (Lipinski definition) is 5. The zero-order valence-corrected chi connectivity index (χ0v) is 31.5. The Kier molecular flexibility index (Phi) is 20.8. The highest BCUT2D eigenvalue weighted by molar-refractivity contribution is 5.87. The van der Waals surface area contributed by atoms with Crippen LogP contribution in [0.2, 0.25) is 0 Å². The van der Waals surface area contributed by atoms with Gasteiger partial charge >= 0.3 is 5.97 Å². The van der Waals surface area contributed by atoms with Crippen LogP contribution in [0.1, 0.15) is 114 Å². The van der Waals surface area contributed by atoms with Gasteiger partial charge in [0.15, 0.2) is 0 Å². The SMILES string of the molecule is CCC(O)C(C)C(O)CC(O)C/C=C(\C)CC(C)C1CC(O)C(C)/C=C/C=C/CC(C)C(=O)C/C=C(C)\C=C(/C)C(O)C/C=C(\C)C(=O)O1. The van der Waals surface area contributed by atoms with Crippen LogP contribution >= 0.6 is 0 Å². The summed E-state index contributed by atoms with van der Waals surface area (Å²) in [4.78, 5) is 25.9. The largest absolute Gasteiger partial charge is 0.459 e. The summed E-state index contributed by atoms with van der Waals surface area (Å²) >= 11 is 0. The molecule has 0 saturated carbocycles. The third-order valence-electron chi connectivity index (χ3n) is 9.78. The maximum Gasteiger partial charge on any atom is 0.333 e. The first kappa shape index (κ1) is 44.4. The molecular formula is C41H66O8. The van der Waals surface area contributed by atoms with E-state index in [9.17, 15) is 35.1 Å². The molecule has 10 atom stereocenters. The molecule has 278 valence electrons. The van der Waals surface area contributed by atoms with E-state index in [4.69, 9.17) is 4.74 Å². The van der Waals surface area contributed by atoms with Crippen LogP contribution in [0.5, 0.6) is 0 Å². The van der Waals surface area contributed by atoms with Gasteiger partial charge in [0.05, 0.1) is 30.5 Å². The number of ether oxygens (including phenoxy) is 1. The van der Waals surface area contributed by atoms with Crippen LogP contribution in [-0.4, -0.2) is 73.9 Å². The molecule has 1 aliphatic rings. The van der Waals surface area contributed by atoms with Gasteiger partial charge in [-0.2, -0.15) is 0 Å². The predicted octanol–water partition coefficient (Wildman–Crippen LogP) is 6.87. The number of rotatable bonds is 10. The molecule has 0 aromatic carbocycles. The van der Waals surface area contributed by atoms with Gasteiger partial charge in [-0.15, -0.1) is 0 Å². The number of ketones is 1. The van der Waals surface area contributed by atoms with Crippen molar-refractivity contribution in [2.45, 2.75) is 150 Å². The van der Waals surface area contributed by atoms with Crippen LogP contribution in [0.4, 0.5) is 0 Å². The summed E-state index contributed by atoms with van der Waals surface area (Å²) in [6.07, 6.45) is 13.5. The van der Waals surface area contributed by atoms with Gasteiger partial charge in [0.25, 0.3) is 0 Å². The molecule has 0 radical (unpaired) electrons. The first-order valence-corrected chi connectivity index (χ1v) is 18.1. The lowest BCUT2D eigenvalue weighted by Gasteiger charge is -2.28. The number of esters is 1. The van der Waals surface area contributed by atoms with Crippen molar-refractivity contribution in [3.63, 3.8) is 0 Å². The minimum Gasteiger partial charge on any atom is -0.459 e. The average molecular weight is 687 g/mol. The average Bonchev–Trinajstić information content (AvgIpc) is 3.06. The third-order valence-corrected chi connectivity index (χ3v) is 9.78. The van der Waals surface area contributed by atoms with Crippen LogP contribution in [0.25, 0.3) is 0 Å². The Hall–Kier alpha value is -2.62. The van der Waals surface area contributed by atoms with E-state index in [1.807, 2.05) is 91.0 Å². The Bertz CT molecular complexity index is 1210. The fourth-order valence-electron chi connectivity index (χ4n) is 5.75. The molecule has 49 heavy (non-hydrogen) atoms. The lowest BCUT2D eigenvalue weighted by Crippen LogP contribution is -2.32. The number of carbonyl (C=O) groups excluding carboxylic acids is 2. The van der Waals surface area contributed by atoms with E-state index in [2.05, 4.69) is 0 Å². The Morgan fingerprint density at radius 1 is 1.00 bits per heavy atom. The molecular weight excluding hydrogens is 620 g/mol. The van der Waals surface area contributed by atoms with Crippen molar-refractivity contribution < 1.29 is 39.9 Å². The number of carbonyl (C=O) groups is 2. The highest BCUT2D eigenvalue weighted by atomic mass is 16.5. The van der Waals surface area contributed by atoms with Gasteiger partial charge in [0, 0.05) is 36.2 Å². The summed E-state index contributed by atoms with van der Waals surface area (Å²) in [5.74, 6) is -1.22. The van der Waals surface area contributed by atoms with Crippen molar-refractivity contribution in [3.05, 3.63) is 70.9 Å². The van der Waals surface area contributed by atoms with Crippen molar-refractivity contribution in [2.75, 3.05) is 0 Å². The van der Waals surface area contributed by atoms with E-state index in [1.165, 1.54) is 0 Å². The van der Waals surface area contributed by atoms with E-state index in [1.54, 1.807) is 19.9 Å². The molecule has 8 heteroatoms. The van der Waals surface area contributed by atoms with Crippen LogP contribution < -0.4 is 0 Å². The monoisotopic (exact) mass is 686 g/mol. The minimum atomic E-state index is -0.814. The second-order valence-electron chi connectivity index (χ2n) is 14.5. The maximum atomic E-state index is 13.3. The Morgan fingerprint density at radius 2 is 1.67 bits per heavy atom. The Morgan fingerprint density at radius 3 is 2.33 bits per heavy atom. The van der Waals surface area contributed by atoms with Gasteiger partial charge in [0.2, 0.25) is 0 Å². The van der Waals surface area contributed by atoms with Gasteiger partial charge < -0.3 is 30.3 Å². The van der Waals surface area contributed by atoms with E-state index < -0.39 is 42.6 Å². The molecule has 1 heterocycles. The number of aliphatic hydroxyl groups excluding tert-OH is 5. The molecule has 0 fully saturated rings. The molecule has 10 unspecified atom stereocenters. The van der Waals surface area contributed by atoms with Crippen LogP contribution in [0.3, 0.4) is 0 Å². The molecule has 0 saturated heterocycles. The van der Waals surface area contributed by atoms with Crippen molar-refractivity contribution >= 4 is 11.8 Å². The second-order valence-corrected chi connectivity index (χ2v) is 14.5. The lowest BCUT2D eigenvalue weighted by molar-refractivity contribution is -0.148. The molecule has 0 bridgehead atoms.